The summed E-state index contributed by atoms with van der Waals surface area (Å²) in [6.07, 6.45) is 3.15. The molecule has 106 valence electrons. The summed E-state index contributed by atoms with van der Waals surface area (Å²) in [6, 6.07) is 0.447. The number of rotatable bonds is 6. The van der Waals surface area contributed by atoms with E-state index in [-0.39, 0.29) is 0 Å². The first-order valence-corrected chi connectivity index (χ1v) is 6.77. The number of esters is 1. The van der Waals surface area contributed by atoms with Crippen molar-refractivity contribution in [2.75, 3.05) is 33.3 Å². The third kappa shape index (κ3) is 4.23. The van der Waals surface area contributed by atoms with Gasteiger partial charge in [0.1, 0.15) is 0 Å². The third-order valence-electron chi connectivity index (χ3n) is 3.47. The molecule has 0 radical (unpaired) electrons. The van der Waals surface area contributed by atoms with Crippen LogP contribution in [-0.4, -0.2) is 60.9 Å². The minimum Gasteiger partial charge on any atom is -0.467 e. The van der Waals surface area contributed by atoms with Crippen LogP contribution in [0.25, 0.3) is 0 Å². The Labute approximate surface area is 109 Å². The van der Waals surface area contributed by atoms with Crippen molar-refractivity contribution in [1.29, 1.82) is 0 Å². The average molecular weight is 258 g/mol. The van der Waals surface area contributed by atoms with Gasteiger partial charge < -0.3 is 15.2 Å². The number of piperidine rings is 1. The van der Waals surface area contributed by atoms with Crippen molar-refractivity contribution in [2.24, 2.45) is 0 Å². The SMILES string of the molecule is CCCN(CC(C)(O)C(=O)OC)C1CCNCC1. The number of hydrogen-bond acceptors (Lipinski definition) is 5. The lowest BCUT2D eigenvalue weighted by atomic mass is 10.0. The molecule has 18 heavy (non-hydrogen) atoms. The van der Waals surface area contributed by atoms with Crippen LogP contribution >= 0.6 is 0 Å². The maximum Gasteiger partial charge on any atom is 0.338 e. The number of hydrogen-bond donors (Lipinski definition) is 2. The van der Waals surface area contributed by atoms with E-state index in [1.54, 1.807) is 0 Å². The van der Waals surface area contributed by atoms with Crippen molar-refractivity contribution in [2.45, 2.75) is 44.8 Å². The van der Waals surface area contributed by atoms with Crippen molar-refractivity contribution in [3.63, 3.8) is 0 Å². The predicted molar refractivity (Wildman–Crippen MR) is 70.4 cm³/mol. The van der Waals surface area contributed by atoms with E-state index < -0.39 is 11.6 Å². The summed E-state index contributed by atoms with van der Waals surface area (Å²) in [7, 11) is 1.31. The maximum atomic E-state index is 11.5. The molecule has 0 saturated carbocycles. The van der Waals surface area contributed by atoms with E-state index in [2.05, 4.69) is 21.9 Å². The van der Waals surface area contributed by atoms with Crippen LogP contribution in [0.3, 0.4) is 0 Å². The van der Waals surface area contributed by atoms with Gasteiger partial charge in [-0.3, -0.25) is 4.90 Å². The second-order valence-electron chi connectivity index (χ2n) is 5.22. The van der Waals surface area contributed by atoms with Gasteiger partial charge in [-0.25, -0.2) is 4.79 Å². The first-order chi connectivity index (χ1) is 8.51. The largest absolute Gasteiger partial charge is 0.467 e. The van der Waals surface area contributed by atoms with Gasteiger partial charge in [0.25, 0.3) is 0 Å². The molecular formula is C13H26N2O3. The molecular weight excluding hydrogens is 232 g/mol. The Hall–Kier alpha value is -0.650. The van der Waals surface area contributed by atoms with Gasteiger partial charge in [-0.15, -0.1) is 0 Å². The van der Waals surface area contributed by atoms with Crippen LogP contribution < -0.4 is 5.32 Å². The summed E-state index contributed by atoms with van der Waals surface area (Å²) in [5.41, 5.74) is -1.42. The molecule has 1 aliphatic heterocycles. The maximum absolute atomic E-state index is 11.5. The Balaban J connectivity index is 2.63. The summed E-state index contributed by atoms with van der Waals surface area (Å²) in [5.74, 6) is -0.558. The highest BCUT2D eigenvalue weighted by Gasteiger charge is 2.35. The zero-order valence-corrected chi connectivity index (χ0v) is 11.7. The molecule has 0 bridgehead atoms. The van der Waals surface area contributed by atoms with Gasteiger partial charge >= 0.3 is 5.97 Å². The molecule has 0 aliphatic carbocycles. The standard InChI is InChI=1S/C13H26N2O3/c1-4-9-15(11-5-7-14-8-6-11)10-13(2,17)12(16)18-3/h11,14,17H,4-10H2,1-3H3. The minimum absolute atomic E-state index is 0.345. The quantitative estimate of drug-likeness (QED) is 0.674. The molecule has 0 aromatic rings. The second-order valence-corrected chi connectivity index (χ2v) is 5.22. The lowest BCUT2D eigenvalue weighted by Gasteiger charge is -2.37. The molecule has 5 nitrogen and oxygen atoms in total. The molecule has 1 aliphatic rings. The van der Waals surface area contributed by atoms with Gasteiger partial charge in [0.2, 0.25) is 0 Å². The van der Waals surface area contributed by atoms with E-state index >= 15 is 0 Å². The lowest BCUT2D eigenvalue weighted by molar-refractivity contribution is -0.163. The highest BCUT2D eigenvalue weighted by molar-refractivity contribution is 5.78. The Bertz CT molecular complexity index is 263. The van der Waals surface area contributed by atoms with Gasteiger partial charge in [0.15, 0.2) is 5.60 Å². The van der Waals surface area contributed by atoms with E-state index in [4.69, 9.17) is 0 Å². The third-order valence-corrected chi connectivity index (χ3v) is 3.47. The van der Waals surface area contributed by atoms with Crippen LogP contribution in [0.5, 0.6) is 0 Å². The highest BCUT2D eigenvalue weighted by Crippen LogP contribution is 2.17. The van der Waals surface area contributed by atoms with Crippen LogP contribution in [0.1, 0.15) is 33.1 Å². The van der Waals surface area contributed by atoms with Gasteiger partial charge in [-0.2, -0.15) is 0 Å². The molecule has 0 aromatic heterocycles. The fraction of sp³-hybridized carbons (Fsp3) is 0.923. The van der Waals surface area contributed by atoms with Crippen molar-refractivity contribution in [3.8, 4) is 0 Å². The molecule has 5 heteroatoms. The van der Waals surface area contributed by atoms with E-state index in [1.807, 2.05) is 0 Å². The molecule has 1 saturated heterocycles. The zero-order chi connectivity index (χ0) is 13.6. The van der Waals surface area contributed by atoms with Gasteiger partial charge in [-0.1, -0.05) is 6.92 Å². The molecule has 1 heterocycles. The van der Waals surface area contributed by atoms with Crippen LogP contribution in [0.2, 0.25) is 0 Å². The monoisotopic (exact) mass is 258 g/mol. The minimum atomic E-state index is -1.42. The average Bonchev–Trinajstić information content (AvgIpc) is 2.38. The molecule has 2 N–H and O–H groups in total. The summed E-state index contributed by atoms with van der Waals surface area (Å²) >= 11 is 0. The van der Waals surface area contributed by atoms with E-state index in [1.165, 1.54) is 14.0 Å². The number of methoxy groups -OCH3 is 1. The van der Waals surface area contributed by atoms with Gasteiger partial charge in [0.05, 0.1) is 7.11 Å². The smallest absolute Gasteiger partial charge is 0.338 e. The topological polar surface area (TPSA) is 61.8 Å². The van der Waals surface area contributed by atoms with E-state index in [0.29, 0.717) is 12.6 Å². The number of nitrogens with one attached hydrogen (secondary N) is 1. The summed E-state index contributed by atoms with van der Waals surface area (Å²) in [6.45, 7) is 6.90. The van der Waals surface area contributed by atoms with Crippen LogP contribution in [0.4, 0.5) is 0 Å². The molecule has 1 rings (SSSR count). The number of carbonyl (C=O) groups is 1. The zero-order valence-electron chi connectivity index (χ0n) is 11.7. The number of aliphatic hydroxyl groups is 1. The molecule has 1 atom stereocenters. The molecule has 0 spiro atoms. The molecule has 1 unspecified atom stereocenters. The number of carbonyl (C=O) groups excluding carboxylic acids is 1. The number of nitrogens with zero attached hydrogens (tertiary/aromatic N) is 1. The second kappa shape index (κ2) is 7.07. The first kappa shape index (κ1) is 15.4. The Morgan fingerprint density at radius 2 is 2.11 bits per heavy atom. The van der Waals surface area contributed by atoms with Gasteiger partial charge in [0, 0.05) is 12.6 Å². The first-order valence-electron chi connectivity index (χ1n) is 6.77. The van der Waals surface area contributed by atoms with Crippen molar-refractivity contribution in [1.82, 2.24) is 10.2 Å². The Kier molecular flexibility index (Phi) is 6.05. The summed E-state index contributed by atoms with van der Waals surface area (Å²) < 4.78 is 4.65. The van der Waals surface area contributed by atoms with Gasteiger partial charge in [-0.05, 0) is 45.8 Å². The lowest BCUT2D eigenvalue weighted by Crippen LogP contribution is -2.52. The van der Waals surface area contributed by atoms with E-state index in [9.17, 15) is 9.90 Å². The normalized spacial score (nSPS) is 20.7. The fourth-order valence-electron chi connectivity index (χ4n) is 2.53. The molecule has 0 aromatic carbocycles. The Morgan fingerprint density at radius 1 is 1.50 bits per heavy atom. The van der Waals surface area contributed by atoms with Crippen molar-refractivity contribution >= 4 is 5.97 Å². The Morgan fingerprint density at radius 3 is 2.61 bits per heavy atom. The van der Waals surface area contributed by atoms with Crippen molar-refractivity contribution < 1.29 is 14.6 Å². The van der Waals surface area contributed by atoms with Crippen molar-refractivity contribution in [3.05, 3.63) is 0 Å². The molecule has 1 fully saturated rings. The summed E-state index contributed by atoms with van der Waals surface area (Å²) in [5, 5.41) is 13.5. The van der Waals surface area contributed by atoms with Crippen LogP contribution in [-0.2, 0) is 9.53 Å². The number of ether oxygens (including phenoxy) is 1. The summed E-state index contributed by atoms with van der Waals surface area (Å²) in [4.78, 5) is 13.8. The highest BCUT2D eigenvalue weighted by atomic mass is 16.5. The van der Waals surface area contributed by atoms with Crippen LogP contribution in [0, 0.1) is 0 Å². The fourth-order valence-corrected chi connectivity index (χ4v) is 2.53. The predicted octanol–water partition coefficient (Wildman–Crippen LogP) is 0.374. The van der Waals surface area contributed by atoms with E-state index in [0.717, 1.165) is 38.9 Å². The van der Waals surface area contributed by atoms with Crippen LogP contribution in [0.15, 0.2) is 0 Å². The molecule has 0 amide bonds.